The fraction of sp³-hybridized carbons (Fsp3) is 0.0870. The van der Waals surface area contributed by atoms with Crippen LogP contribution in [0.1, 0.15) is 31.8 Å². The van der Waals surface area contributed by atoms with E-state index in [9.17, 15) is 14.4 Å². The lowest BCUT2D eigenvalue weighted by atomic mass is 9.84. The van der Waals surface area contributed by atoms with Gasteiger partial charge in [0.2, 0.25) is 5.91 Å². The van der Waals surface area contributed by atoms with Crippen LogP contribution in [-0.4, -0.2) is 30.3 Å². The molecule has 0 bridgehead atoms. The van der Waals surface area contributed by atoms with E-state index in [1.54, 1.807) is 49.6 Å². The Balaban J connectivity index is 1.47. The summed E-state index contributed by atoms with van der Waals surface area (Å²) >= 11 is 1.40. The first-order chi connectivity index (χ1) is 14.1. The Morgan fingerprint density at radius 3 is 2.14 bits per heavy atom. The van der Waals surface area contributed by atoms with Crippen LogP contribution in [0, 0.1) is 0 Å². The van der Waals surface area contributed by atoms with Gasteiger partial charge in [0.1, 0.15) is 5.75 Å². The zero-order chi connectivity index (χ0) is 20.4. The van der Waals surface area contributed by atoms with Crippen molar-refractivity contribution in [2.24, 2.45) is 0 Å². The molecule has 1 N–H and O–H groups in total. The molecule has 0 fully saturated rings. The van der Waals surface area contributed by atoms with Crippen LogP contribution < -0.4 is 10.1 Å². The van der Waals surface area contributed by atoms with Gasteiger partial charge in [0, 0.05) is 32.8 Å². The van der Waals surface area contributed by atoms with Gasteiger partial charge in [0.25, 0.3) is 0 Å². The molecule has 144 valence electrons. The minimum absolute atomic E-state index is 0.178. The summed E-state index contributed by atoms with van der Waals surface area (Å²) in [6.07, 6.45) is 0. The molecular formula is C23H17NO4S. The van der Waals surface area contributed by atoms with E-state index < -0.39 is 0 Å². The number of benzene rings is 3. The van der Waals surface area contributed by atoms with Gasteiger partial charge in [-0.25, -0.2) is 0 Å². The fourth-order valence-corrected chi connectivity index (χ4v) is 3.89. The minimum Gasteiger partial charge on any atom is -0.497 e. The van der Waals surface area contributed by atoms with Crippen molar-refractivity contribution in [3.63, 3.8) is 0 Å². The van der Waals surface area contributed by atoms with Gasteiger partial charge in [-0.15, -0.1) is 11.8 Å². The van der Waals surface area contributed by atoms with Gasteiger partial charge in [-0.05, 0) is 42.5 Å². The molecule has 0 spiro atoms. The van der Waals surface area contributed by atoms with E-state index in [1.807, 2.05) is 24.3 Å². The topological polar surface area (TPSA) is 72.5 Å². The quantitative estimate of drug-likeness (QED) is 0.506. The molecular weight excluding hydrogens is 386 g/mol. The number of fused-ring (bicyclic) bond motifs is 2. The average Bonchev–Trinajstić information content (AvgIpc) is 2.76. The van der Waals surface area contributed by atoms with Crippen molar-refractivity contribution in [2.75, 3.05) is 18.2 Å². The number of ketones is 2. The van der Waals surface area contributed by atoms with Gasteiger partial charge < -0.3 is 10.1 Å². The Hall–Kier alpha value is -3.38. The predicted molar refractivity (Wildman–Crippen MR) is 112 cm³/mol. The summed E-state index contributed by atoms with van der Waals surface area (Å²) < 4.78 is 5.12. The molecule has 3 aromatic rings. The number of ether oxygens (including phenoxy) is 1. The SMILES string of the molecule is COc1ccc(SCC(=O)Nc2ccc3c(c2)C(=O)c2ccccc2C3=O)cc1. The van der Waals surface area contributed by atoms with Crippen LogP contribution >= 0.6 is 11.8 Å². The third-order valence-corrected chi connectivity index (χ3v) is 5.65. The van der Waals surface area contributed by atoms with E-state index in [2.05, 4.69) is 5.32 Å². The van der Waals surface area contributed by atoms with Crippen LogP contribution in [0.5, 0.6) is 5.75 Å². The molecule has 0 radical (unpaired) electrons. The van der Waals surface area contributed by atoms with Gasteiger partial charge in [-0.2, -0.15) is 0 Å². The Labute approximate surface area is 172 Å². The standard InChI is InChI=1S/C23H17NO4S/c1-28-15-7-9-16(10-8-15)29-13-21(25)24-14-6-11-19-20(12-14)23(27)18-5-3-2-4-17(18)22(19)26/h2-12H,13H2,1H3,(H,24,25). The Morgan fingerprint density at radius 1 is 0.862 bits per heavy atom. The van der Waals surface area contributed by atoms with Crippen molar-refractivity contribution in [2.45, 2.75) is 4.90 Å². The number of carbonyl (C=O) groups is 3. The summed E-state index contributed by atoms with van der Waals surface area (Å²) in [5.41, 5.74) is 1.97. The average molecular weight is 403 g/mol. The highest BCUT2D eigenvalue weighted by molar-refractivity contribution is 8.00. The zero-order valence-corrected chi connectivity index (χ0v) is 16.4. The van der Waals surface area contributed by atoms with Crippen LogP contribution in [-0.2, 0) is 4.79 Å². The highest BCUT2D eigenvalue weighted by Crippen LogP contribution is 2.29. The number of carbonyl (C=O) groups excluding carboxylic acids is 3. The summed E-state index contributed by atoms with van der Waals surface area (Å²) in [7, 11) is 1.60. The second-order valence-corrected chi connectivity index (χ2v) is 7.53. The number of hydrogen-bond acceptors (Lipinski definition) is 5. The minimum atomic E-state index is -0.209. The number of methoxy groups -OCH3 is 1. The second-order valence-electron chi connectivity index (χ2n) is 6.48. The van der Waals surface area contributed by atoms with Crippen molar-refractivity contribution in [1.82, 2.24) is 0 Å². The van der Waals surface area contributed by atoms with E-state index in [-0.39, 0.29) is 23.2 Å². The predicted octanol–water partition coefficient (Wildman–Crippen LogP) is 4.20. The molecule has 1 amide bonds. The largest absolute Gasteiger partial charge is 0.497 e. The normalized spacial score (nSPS) is 12.2. The molecule has 3 aromatic carbocycles. The van der Waals surface area contributed by atoms with E-state index >= 15 is 0 Å². The lowest BCUT2D eigenvalue weighted by molar-refractivity contribution is -0.113. The highest BCUT2D eigenvalue weighted by atomic mass is 32.2. The molecule has 0 atom stereocenters. The first kappa shape index (κ1) is 19.0. The van der Waals surface area contributed by atoms with Crippen LogP contribution in [0.4, 0.5) is 5.69 Å². The van der Waals surface area contributed by atoms with Gasteiger partial charge in [-0.1, -0.05) is 24.3 Å². The van der Waals surface area contributed by atoms with Crippen molar-refractivity contribution in [3.05, 3.63) is 89.0 Å². The Morgan fingerprint density at radius 2 is 1.48 bits per heavy atom. The highest BCUT2D eigenvalue weighted by Gasteiger charge is 2.29. The molecule has 0 heterocycles. The summed E-state index contributed by atoms with van der Waals surface area (Å²) in [5.74, 6) is 0.399. The molecule has 0 aliphatic heterocycles. The van der Waals surface area contributed by atoms with Gasteiger partial charge in [-0.3, -0.25) is 14.4 Å². The first-order valence-corrected chi connectivity index (χ1v) is 9.94. The third-order valence-electron chi connectivity index (χ3n) is 4.64. The van der Waals surface area contributed by atoms with Crippen molar-refractivity contribution in [1.29, 1.82) is 0 Å². The number of nitrogens with one attached hydrogen (secondary N) is 1. The van der Waals surface area contributed by atoms with E-state index in [4.69, 9.17) is 4.74 Å². The molecule has 4 rings (SSSR count). The molecule has 0 saturated carbocycles. The Bertz CT molecular complexity index is 1120. The molecule has 0 saturated heterocycles. The number of anilines is 1. The molecule has 0 unspecified atom stereocenters. The maximum absolute atomic E-state index is 12.8. The van der Waals surface area contributed by atoms with Crippen LogP contribution in [0.15, 0.2) is 71.6 Å². The first-order valence-electron chi connectivity index (χ1n) is 8.96. The lowest BCUT2D eigenvalue weighted by Gasteiger charge is -2.18. The number of amides is 1. The molecule has 6 heteroatoms. The zero-order valence-electron chi connectivity index (χ0n) is 15.6. The van der Waals surface area contributed by atoms with Crippen molar-refractivity contribution in [3.8, 4) is 5.75 Å². The van der Waals surface area contributed by atoms with Crippen LogP contribution in [0.3, 0.4) is 0 Å². The van der Waals surface area contributed by atoms with E-state index in [0.29, 0.717) is 27.9 Å². The second kappa shape index (κ2) is 7.93. The molecule has 1 aliphatic rings. The number of hydrogen-bond donors (Lipinski definition) is 1. The van der Waals surface area contributed by atoms with E-state index in [0.717, 1.165) is 10.6 Å². The van der Waals surface area contributed by atoms with Crippen molar-refractivity contribution >= 4 is 34.9 Å². The summed E-state index contributed by atoms with van der Waals surface area (Å²) in [4.78, 5) is 38.7. The van der Waals surface area contributed by atoms with Gasteiger partial charge >= 0.3 is 0 Å². The van der Waals surface area contributed by atoms with Gasteiger partial charge in [0.15, 0.2) is 11.6 Å². The summed E-state index contributed by atoms with van der Waals surface area (Å²) in [6, 6.07) is 19.0. The van der Waals surface area contributed by atoms with E-state index in [1.165, 1.54) is 11.8 Å². The molecule has 29 heavy (non-hydrogen) atoms. The maximum atomic E-state index is 12.8. The van der Waals surface area contributed by atoms with Crippen LogP contribution in [0.25, 0.3) is 0 Å². The monoisotopic (exact) mass is 403 g/mol. The molecule has 1 aliphatic carbocycles. The smallest absolute Gasteiger partial charge is 0.234 e. The lowest BCUT2D eigenvalue weighted by Crippen LogP contribution is -2.21. The van der Waals surface area contributed by atoms with Crippen molar-refractivity contribution < 1.29 is 19.1 Å². The number of rotatable bonds is 5. The molecule has 5 nitrogen and oxygen atoms in total. The molecule has 0 aromatic heterocycles. The van der Waals surface area contributed by atoms with Crippen LogP contribution in [0.2, 0.25) is 0 Å². The summed E-state index contributed by atoms with van der Waals surface area (Å²) in [5, 5.41) is 2.80. The summed E-state index contributed by atoms with van der Waals surface area (Å²) in [6.45, 7) is 0. The number of thioether (sulfide) groups is 1. The fourth-order valence-electron chi connectivity index (χ4n) is 3.20. The third kappa shape index (κ3) is 3.79. The Kier molecular flexibility index (Phi) is 5.18. The maximum Gasteiger partial charge on any atom is 0.234 e. The van der Waals surface area contributed by atoms with Gasteiger partial charge in [0.05, 0.1) is 12.9 Å².